The van der Waals surface area contributed by atoms with Gasteiger partial charge >= 0.3 is 11.9 Å². The lowest BCUT2D eigenvalue weighted by Gasteiger charge is -2.11. The normalized spacial score (nSPS) is 12.1. The van der Waals surface area contributed by atoms with E-state index >= 15 is 0 Å². The van der Waals surface area contributed by atoms with Crippen molar-refractivity contribution in [3.8, 4) is 0 Å². The van der Waals surface area contributed by atoms with Crippen LogP contribution in [0.25, 0.3) is 0 Å². The van der Waals surface area contributed by atoms with Crippen molar-refractivity contribution in [2.45, 2.75) is 130 Å². The van der Waals surface area contributed by atoms with E-state index in [1.165, 1.54) is 38.5 Å². The molecule has 0 aromatic rings. The van der Waals surface area contributed by atoms with Crippen molar-refractivity contribution < 1.29 is 19.1 Å². The summed E-state index contributed by atoms with van der Waals surface area (Å²) in [7, 11) is 0. The number of ether oxygens (including phenoxy) is 2. The van der Waals surface area contributed by atoms with Gasteiger partial charge < -0.3 is 9.47 Å². The van der Waals surface area contributed by atoms with Crippen LogP contribution in [0.2, 0.25) is 0 Å². The lowest BCUT2D eigenvalue weighted by Crippen LogP contribution is -2.16. The summed E-state index contributed by atoms with van der Waals surface area (Å²) in [4.78, 5) is 24.9. The quantitative estimate of drug-likeness (QED) is 0.100. The third-order valence-electron chi connectivity index (χ3n) is 5.53. The maximum Gasteiger partial charge on any atom is 0.333 e. The Morgan fingerprint density at radius 3 is 1.25 bits per heavy atom. The van der Waals surface area contributed by atoms with Crippen LogP contribution < -0.4 is 0 Å². The molecule has 0 aromatic carbocycles. The van der Waals surface area contributed by atoms with Crippen LogP contribution in [0.4, 0.5) is 0 Å². The second-order valence-corrected chi connectivity index (χ2v) is 8.64. The first-order chi connectivity index (χ1) is 15.6. The van der Waals surface area contributed by atoms with Gasteiger partial charge in [0.15, 0.2) is 0 Å². The molecule has 0 aliphatic carbocycles. The molecule has 0 fully saturated rings. The zero-order chi connectivity index (χ0) is 23.9. The summed E-state index contributed by atoms with van der Waals surface area (Å²) in [5.41, 5.74) is 1.54. The SMILES string of the molecule is CCCC=C(CCCCCCC)C(=O)OCCOC(=O)C(=CCCC)CCCCCCC. The Labute approximate surface area is 198 Å². The minimum atomic E-state index is -0.261. The van der Waals surface area contributed by atoms with Gasteiger partial charge in [-0.2, -0.15) is 0 Å². The lowest BCUT2D eigenvalue weighted by atomic mass is 10.0. The predicted molar refractivity (Wildman–Crippen MR) is 135 cm³/mol. The first-order valence-electron chi connectivity index (χ1n) is 13.3. The van der Waals surface area contributed by atoms with Crippen molar-refractivity contribution in [1.82, 2.24) is 0 Å². The smallest absolute Gasteiger partial charge is 0.333 e. The van der Waals surface area contributed by atoms with Gasteiger partial charge in [0.25, 0.3) is 0 Å². The van der Waals surface area contributed by atoms with Crippen molar-refractivity contribution in [3.63, 3.8) is 0 Å². The van der Waals surface area contributed by atoms with Crippen LogP contribution >= 0.6 is 0 Å². The highest BCUT2D eigenvalue weighted by atomic mass is 16.6. The summed E-state index contributed by atoms with van der Waals surface area (Å²) >= 11 is 0. The molecule has 0 unspecified atom stereocenters. The molecule has 0 aliphatic heterocycles. The average molecular weight is 451 g/mol. The second-order valence-electron chi connectivity index (χ2n) is 8.64. The van der Waals surface area contributed by atoms with E-state index in [1.807, 2.05) is 12.2 Å². The molecule has 0 radical (unpaired) electrons. The summed E-state index contributed by atoms with van der Waals surface area (Å²) < 4.78 is 10.8. The molecule has 0 aromatic heterocycles. The molecular formula is C28H50O4. The Morgan fingerprint density at radius 2 is 0.906 bits per heavy atom. The van der Waals surface area contributed by atoms with Gasteiger partial charge in [-0.05, 0) is 38.5 Å². The van der Waals surface area contributed by atoms with Crippen LogP contribution in [0.5, 0.6) is 0 Å². The highest BCUT2D eigenvalue weighted by Gasteiger charge is 2.13. The molecular weight excluding hydrogens is 400 g/mol. The second kappa shape index (κ2) is 22.6. The van der Waals surface area contributed by atoms with Crippen molar-refractivity contribution in [2.75, 3.05) is 13.2 Å². The Balaban J connectivity index is 4.41. The predicted octanol–water partition coefficient (Wildman–Crippen LogP) is 8.25. The molecule has 0 aliphatic rings. The standard InChI is InChI=1S/C28H50O4/c1-5-9-13-15-17-21-25(19-11-7-3)27(29)31-23-24-32-28(30)26(20-12-8-4)22-18-16-14-10-6-2/h19-20H,5-18,21-24H2,1-4H3. The van der Waals surface area contributed by atoms with Gasteiger partial charge in [0.1, 0.15) is 13.2 Å². The highest BCUT2D eigenvalue weighted by Crippen LogP contribution is 2.16. The lowest BCUT2D eigenvalue weighted by molar-refractivity contribution is -0.147. The number of carbonyl (C=O) groups excluding carboxylic acids is 2. The summed E-state index contributed by atoms with van der Waals surface area (Å²) in [6, 6.07) is 0. The molecule has 4 heteroatoms. The van der Waals surface area contributed by atoms with E-state index in [1.54, 1.807) is 0 Å². The van der Waals surface area contributed by atoms with E-state index < -0.39 is 0 Å². The summed E-state index contributed by atoms with van der Waals surface area (Å²) in [5, 5.41) is 0. The van der Waals surface area contributed by atoms with Gasteiger partial charge in [-0.15, -0.1) is 0 Å². The average Bonchev–Trinajstić information content (AvgIpc) is 2.80. The van der Waals surface area contributed by atoms with Gasteiger partial charge in [-0.1, -0.05) is 104 Å². The van der Waals surface area contributed by atoms with Crippen LogP contribution in [-0.4, -0.2) is 25.2 Å². The molecule has 32 heavy (non-hydrogen) atoms. The maximum atomic E-state index is 12.5. The topological polar surface area (TPSA) is 52.6 Å². The molecule has 0 N–H and O–H groups in total. The molecule has 4 nitrogen and oxygen atoms in total. The third-order valence-corrected chi connectivity index (χ3v) is 5.53. The van der Waals surface area contributed by atoms with E-state index in [0.717, 1.165) is 75.4 Å². The summed E-state index contributed by atoms with van der Waals surface area (Å²) in [6.45, 7) is 8.84. The Bertz CT molecular complexity index is 486. The Kier molecular flexibility index (Phi) is 21.5. The Hall–Kier alpha value is -1.58. The number of allylic oxidation sites excluding steroid dienone is 2. The number of rotatable bonds is 21. The van der Waals surface area contributed by atoms with Gasteiger partial charge in [0, 0.05) is 11.1 Å². The van der Waals surface area contributed by atoms with Gasteiger partial charge in [-0.25, -0.2) is 9.59 Å². The van der Waals surface area contributed by atoms with E-state index in [4.69, 9.17) is 9.47 Å². The maximum absolute atomic E-state index is 12.5. The summed E-state index contributed by atoms with van der Waals surface area (Å²) in [5.74, 6) is -0.523. The molecule has 0 rings (SSSR count). The zero-order valence-electron chi connectivity index (χ0n) is 21.5. The van der Waals surface area contributed by atoms with Crippen molar-refractivity contribution in [1.29, 1.82) is 0 Å². The van der Waals surface area contributed by atoms with E-state index in [2.05, 4.69) is 27.7 Å². The zero-order valence-corrected chi connectivity index (χ0v) is 21.5. The minimum absolute atomic E-state index is 0.113. The number of esters is 2. The van der Waals surface area contributed by atoms with E-state index in [0.29, 0.717) is 0 Å². The van der Waals surface area contributed by atoms with E-state index in [9.17, 15) is 9.59 Å². The number of hydrogen-bond donors (Lipinski definition) is 0. The fourth-order valence-electron chi connectivity index (χ4n) is 3.50. The highest BCUT2D eigenvalue weighted by molar-refractivity contribution is 5.89. The van der Waals surface area contributed by atoms with Crippen molar-refractivity contribution >= 4 is 11.9 Å². The van der Waals surface area contributed by atoms with E-state index in [-0.39, 0.29) is 25.2 Å². The molecule has 186 valence electrons. The van der Waals surface area contributed by atoms with Crippen LogP contribution in [0.3, 0.4) is 0 Å². The first kappa shape index (κ1) is 30.4. The first-order valence-corrected chi connectivity index (χ1v) is 13.3. The van der Waals surface area contributed by atoms with Gasteiger partial charge in [-0.3, -0.25) is 0 Å². The van der Waals surface area contributed by atoms with Crippen LogP contribution in [-0.2, 0) is 19.1 Å². The van der Waals surface area contributed by atoms with Crippen LogP contribution in [0.15, 0.2) is 23.3 Å². The molecule has 0 heterocycles. The minimum Gasteiger partial charge on any atom is -0.459 e. The molecule has 0 saturated carbocycles. The van der Waals surface area contributed by atoms with Crippen molar-refractivity contribution in [2.24, 2.45) is 0 Å². The molecule has 0 saturated heterocycles. The monoisotopic (exact) mass is 450 g/mol. The number of hydrogen-bond acceptors (Lipinski definition) is 4. The van der Waals surface area contributed by atoms with Crippen molar-refractivity contribution in [3.05, 3.63) is 23.3 Å². The molecule has 0 spiro atoms. The van der Waals surface area contributed by atoms with Gasteiger partial charge in [0.05, 0.1) is 0 Å². The fraction of sp³-hybridized carbons (Fsp3) is 0.786. The largest absolute Gasteiger partial charge is 0.459 e. The fourth-order valence-corrected chi connectivity index (χ4v) is 3.50. The molecule has 0 amide bonds. The number of carbonyl (C=O) groups is 2. The summed E-state index contributed by atoms with van der Waals surface area (Å²) in [6.07, 6.45) is 21.0. The van der Waals surface area contributed by atoms with Gasteiger partial charge in [0.2, 0.25) is 0 Å². The number of unbranched alkanes of at least 4 members (excludes halogenated alkanes) is 10. The molecule has 0 bridgehead atoms. The van der Waals surface area contributed by atoms with Crippen LogP contribution in [0, 0.1) is 0 Å². The molecule has 0 atom stereocenters. The Morgan fingerprint density at radius 1 is 0.531 bits per heavy atom. The third kappa shape index (κ3) is 17.0. The van der Waals surface area contributed by atoms with Crippen LogP contribution in [0.1, 0.15) is 130 Å².